The fraction of sp³-hybridized carbons (Fsp3) is 0.353. The lowest BCUT2D eigenvalue weighted by atomic mass is 10.1. The number of amides is 1. The maximum absolute atomic E-state index is 12.6. The van der Waals surface area contributed by atoms with Crippen molar-refractivity contribution in [3.8, 4) is 5.75 Å². The van der Waals surface area contributed by atoms with Crippen molar-refractivity contribution >= 4 is 29.2 Å². The molecule has 0 bridgehead atoms. The van der Waals surface area contributed by atoms with Gasteiger partial charge in [-0.2, -0.15) is 5.10 Å². The first kappa shape index (κ1) is 18.8. The second kappa shape index (κ2) is 8.02. The molecule has 0 aliphatic rings. The molecule has 0 radical (unpaired) electrons. The van der Waals surface area contributed by atoms with Gasteiger partial charge in [-0.1, -0.05) is 11.6 Å². The van der Waals surface area contributed by atoms with Crippen molar-refractivity contribution in [1.82, 2.24) is 9.78 Å². The number of hydrogen-bond donors (Lipinski definition) is 1. The first-order valence-corrected chi connectivity index (χ1v) is 8.09. The SMILES string of the molecule is CCOC(=O)Cn1nc(C)c(NC(=O)c2cc(Cl)ccc2OC)c1C. The number of carbonyl (C=O) groups excluding carboxylic acids is 2. The van der Waals surface area contributed by atoms with Crippen LogP contribution in [0.15, 0.2) is 18.2 Å². The van der Waals surface area contributed by atoms with E-state index in [1.165, 1.54) is 17.9 Å². The number of benzene rings is 1. The molecule has 1 aromatic carbocycles. The van der Waals surface area contributed by atoms with E-state index in [4.69, 9.17) is 21.1 Å². The van der Waals surface area contributed by atoms with Gasteiger partial charge >= 0.3 is 5.97 Å². The first-order chi connectivity index (χ1) is 11.9. The third-order valence-electron chi connectivity index (χ3n) is 3.61. The van der Waals surface area contributed by atoms with Crippen LogP contribution in [0.3, 0.4) is 0 Å². The molecule has 7 nitrogen and oxygen atoms in total. The highest BCUT2D eigenvalue weighted by molar-refractivity contribution is 6.31. The number of halogens is 1. The second-order valence-electron chi connectivity index (χ2n) is 5.31. The van der Waals surface area contributed by atoms with Crippen LogP contribution in [0.1, 0.15) is 28.7 Å². The number of anilines is 1. The summed E-state index contributed by atoms with van der Waals surface area (Å²) < 4.78 is 11.6. The Morgan fingerprint density at radius 1 is 1.32 bits per heavy atom. The van der Waals surface area contributed by atoms with Gasteiger partial charge in [0.1, 0.15) is 12.3 Å². The highest BCUT2D eigenvalue weighted by Crippen LogP contribution is 2.26. The Balaban J connectivity index is 2.26. The number of hydrogen-bond acceptors (Lipinski definition) is 5. The number of methoxy groups -OCH3 is 1. The summed E-state index contributed by atoms with van der Waals surface area (Å²) in [5.41, 5.74) is 2.10. The smallest absolute Gasteiger partial charge is 0.327 e. The standard InChI is InChI=1S/C17H20ClN3O4/c1-5-25-15(22)9-21-11(3)16(10(2)20-21)19-17(23)13-8-12(18)6-7-14(13)24-4/h6-8H,5,9H2,1-4H3,(H,19,23). The predicted molar refractivity (Wildman–Crippen MR) is 94.3 cm³/mol. The molecule has 25 heavy (non-hydrogen) atoms. The molecular weight excluding hydrogens is 346 g/mol. The number of rotatable bonds is 6. The van der Waals surface area contributed by atoms with Gasteiger partial charge in [0.2, 0.25) is 0 Å². The van der Waals surface area contributed by atoms with Gasteiger partial charge in [0, 0.05) is 5.02 Å². The van der Waals surface area contributed by atoms with Crippen LogP contribution in [-0.2, 0) is 16.1 Å². The summed E-state index contributed by atoms with van der Waals surface area (Å²) in [6.07, 6.45) is 0. The van der Waals surface area contributed by atoms with Crippen LogP contribution in [0.5, 0.6) is 5.75 Å². The van der Waals surface area contributed by atoms with E-state index in [9.17, 15) is 9.59 Å². The Morgan fingerprint density at radius 2 is 2.04 bits per heavy atom. The van der Waals surface area contributed by atoms with E-state index in [2.05, 4.69) is 10.4 Å². The van der Waals surface area contributed by atoms with Crippen molar-refractivity contribution in [2.24, 2.45) is 0 Å². The molecule has 0 saturated heterocycles. The number of esters is 1. The quantitative estimate of drug-likeness (QED) is 0.796. The fourth-order valence-electron chi connectivity index (χ4n) is 2.40. The molecule has 1 amide bonds. The van der Waals surface area contributed by atoms with Crippen molar-refractivity contribution in [3.05, 3.63) is 40.2 Å². The van der Waals surface area contributed by atoms with Crippen LogP contribution in [-0.4, -0.2) is 35.4 Å². The van der Waals surface area contributed by atoms with E-state index in [1.54, 1.807) is 32.9 Å². The summed E-state index contributed by atoms with van der Waals surface area (Å²) in [6.45, 7) is 5.54. The zero-order valence-electron chi connectivity index (χ0n) is 14.6. The Bertz CT molecular complexity index is 801. The molecule has 0 unspecified atom stereocenters. The van der Waals surface area contributed by atoms with Crippen molar-refractivity contribution in [1.29, 1.82) is 0 Å². The summed E-state index contributed by atoms with van der Waals surface area (Å²) in [5, 5.41) is 7.52. The monoisotopic (exact) mass is 365 g/mol. The Labute approximate surface area is 150 Å². The third kappa shape index (κ3) is 4.30. The largest absolute Gasteiger partial charge is 0.496 e. The Morgan fingerprint density at radius 3 is 2.68 bits per heavy atom. The number of ether oxygens (including phenoxy) is 2. The molecule has 0 atom stereocenters. The molecule has 1 aromatic heterocycles. The molecule has 1 N–H and O–H groups in total. The molecular formula is C17H20ClN3O4. The van der Waals surface area contributed by atoms with Gasteiger partial charge in [0.15, 0.2) is 0 Å². The van der Waals surface area contributed by atoms with Crippen molar-refractivity contribution in [3.63, 3.8) is 0 Å². The molecule has 0 aliphatic carbocycles. The number of aryl methyl sites for hydroxylation is 1. The van der Waals surface area contributed by atoms with Crippen LogP contribution in [0.4, 0.5) is 5.69 Å². The molecule has 0 aliphatic heterocycles. The van der Waals surface area contributed by atoms with Gasteiger partial charge in [-0.3, -0.25) is 14.3 Å². The van der Waals surface area contributed by atoms with E-state index >= 15 is 0 Å². The summed E-state index contributed by atoms with van der Waals surface area (Å²) in [7, 11) is 1.48. The molecule has 2 rings (SSSR count). The molecule has 2 aromatic rings. The van der Waals surface area contributed by atoms with Crippen molar-refractivity contribution < 1.29 is 19.1 Å². The summed E-state index contributed by atoms with van der Waals surface area (Å²) in [5.74, 6) is -0.347. The first-order valence-electron chi connectivity index (χ1n) is 7.71. The van der Waals surface area contributed by atoms with E-state index < -0.39 is 0 Å². The Hall–Kier alpha value is -2.54. The minimum Gasteiger partial charge on any atom is -0.496 e. The zero-order chi connectivity index (χ0) is 18.6. The van der Waals surface area contributed by atoms with Gasteiger partial charge in [0.05, 0.1) is 36.4 Å². The van der Waals surface area contributed by atoms with E-state index in [0.717, 1.165) is 0 Å². The van der Waals surface area contributed by atoms with Crippen LogP contribution < -0.4 is 10.1 Å². The maximum atomic E-state index is 12.6. The average Bonchev–Trinajstić information content (AvgIpc) is 2.82. The lowest BCUT2D eigenvalue weighted by Gasteiger charge is -2.10. The topological polar surface area (TPSA) is 82.5 Å². The van der Waals surface area contributed by atoms with Crippen molar-refractivity contribution in [2.45, 2.75) is 27.3 Å². The Kier molecular flexibility index (Phi) is 6.03. The summed E-state index contributed by atoms with van der Waals surface area (Å²) in [6, 6.07) is 4.80. The lowest BCUT2D eigenvalue weighted by Crippen LogP contribution is -2.16. The lowest BCUT2D eigenvalue weighted by molar-refractivity contribution is -0.144. The van der Waals surface area contributed by atoms with Gasteiger partial charge < -0.3 is 14.8 Å². The normalized spacial score (nSPS) is 10.4. The summed E-state index contributed by atoms with van der Waals surface area (Å²) >= 11 is 5.97. The van der Waals surface area contributed by atoms with Gasteiger partial charge in [0.25, 0.3) is 5.91 Å². The number of nitrogens with one attached hydrogen (secondary N) is 1. The minimum atomic E-state index is -0.387. The molecule has 0 spiro atoms. The van der Waals surface area contributed by atoms with Crippen LogP contribution in [0.2, 0.25) is 5.02 Å². The highest BCUT2D eigenvalue weighted by Gasteiger charge is 2.19. The molecule has 134 valence electrons. The second-order valence-corrected chi connectivity index (χ2v) is 5.74. The molecule has 1 heterocycles. The fourth-order valence-corrected chi connectivity index (χ4v) is 2.57. The van der Waals surface area contributed by atoms with Crippen LogP contribution in [0, 0.1) is 13.8 Å². The van der Waals surface area contributed by atoms with E-state index in [-0.39, 0.29) is 18.4 Å². The van der Waals surface area contributed by atoms with Crippen LogP contribution >= 0.6 is 11.6 Å². The van der Waals surface area contributed by atoms with Gasteiger partial charge in [-0.05, 0) is 39.0 Å². The minimum absolute atomic E-state index is 0.0170. The van der Waals surface area contributed by atoms with E-state index in [0.29, 0.717) is 40.0 Å². The number of carbonyl (C=O) groups is 2. The van der Waals surface area contributed by atoms with Crippen LogP contribution in [0.25, 0.3) is 0 Å². The summed E-state index contributed by atoms with van der Waals surface area (Å²) in [4.78, 5) is 24.3. The van der Waals surface area contributed by atoms with Crippen molar-refractivity contribution in [2.75, 3.05) is 19.0 Å². The zero-order valence-corrected chi connectivity index (χ0v) is 15.3. The highest BCUT2D eigenvalue weighted by atomic mass is 35.5. The molecule has 8 heteroatoms. The molecule has 0 fully saturated rings. The van der Waals surface area contributed by atoms with Gasteiger partial charge in [-0.15, -0.1) is 0 Å². The van der Waals surface area contributed by atoms with E-state index in [1.807, 2.05) is 0 Å². The number of nitrogens with zero attached hydrogens (tertiary/aromatic N) is 2. The predicted octanol–water partition coefficient (Wildman–Crippen LogP) is 2.98. The van der Waals surface area contributed by atoms with Gasteiger partial charge in [-0.25, -0.2) is 0 Å². The number of aromatic nitrogens is 2. The average molecular weight is 366 g/mol. The molecule has 0 saturated carbocycles. The third-order valence-corrected chi connectivity index (χ3v) is 3.85. The maximum Gasteiger partial charge on any atom is 0.327 e.